The zero-order valence-corrected chi connectivity index (χ0v) is 6.12. The van der Waals surface area contributed by atoms with Crippen LogP contribution in [0.2, 0.25) is 0 Å². The van der Waals surface area contributed by atoms with E-state index in [4.69, 9.17) is 9.47 Å². The molecule has 0 spiro atoms. The lowest BCUT2D eigenvalue weighted by Crippen LogP contribution is -2.41. The van der Waals surface area contributed by atoms with Gasteiger partial charge < -0.3 is 14.8 Å². The van der Waals surface area contributed by atoms with Crippen LogP contribution in [0.5, 0.6) is 0 Å². The zero-order chi connectivity index (χ0) is 6.97. The summed E-state index contributed by atoms with van der Waals surface area (Å²) in [6.45, 7) is 4.43. The first-order valence-corrected chi connectivity index (χ1v) is 3.76. The fourth-order valence-electron chi connectivity index (χ4n) is 1.45. The van der Waals surface area contributed by atoms with Crippen molar-refractivity contribution in [3.8, 4) is 0 Å². The SMILES string of the molecule is CC1COC2C[N-]CC2O1. The molecule has 0 radical (unpaired) electrons. The molecule has 2 rings (SSSR count). The molecule has 2 aliphatic rings. The summed E-state index contributed by atoms with van der Waals surface area (Å²) in [6, 6.07) is 0. The van der Waals surface area contributed by atoms with Crippen LogP contribution in [0.15, 0.2) is 0 Å². The fraction of sp³-hybridized carbons (Fsp3) is 1.00. The fourth-order valence-corrected chi connectivity index (χ4v) is 1.45. The van der Waals surface area contributed by atoms with Gasteiger partial charge in [0.05, 0.1) is 24.9 Å². The quantitative estimate of drug-likeness (QED) is 0.494. The third-order valence-electron chi connectivity index (χ3n) is 1.98. The van der Waals surface area contributed by atoms with Gasteiger partial charge in [-0.15, -0.1) is 13.1 Å². The van der Waals surface area contributed by atoms with Crippen molar-refractivity contribution in [1.82, 2.24) is 0 Å². The van der Waals surface area contributed by atoms with Crippen molar-refractivity contribution >= 4 is 0 Å². The lowest BCUT2D eigenvalue weighted by atomic mass is 10.2. The molecule has 0 N–H and O–H groups in total. The average molecular weight is 142 g/mol. The van der Waals surface area contributed by atoms with Gasteiger partial charge in [0.25, 0.3) is 0 Å². The van der Waals surface area contributed by atoms with Gasteiger partial charge in [0.2, 0.25) is 0 Å². The molecular weight excluding hydrogens is 130 g/mol. The van der Waals surface area contributed by atoms with Crippen LogP contribution in [0.4, 0.5) is 0 Å². The van der Waals surface area contributed by atoms with Crippen LogP contribution >= 0.6 is 0 Å². The van der Waals surface area contributed by atoms with E-state index in [0.717, 1.165) is 19.7 Å². The van der Waals surface area contributed by atoms with Gasteiger partial charge in [0.1, 0.15) is 0 Å². The molecule has 0 aromatic rings. The molecule has 58 valence electrons. The van der Waals surface area contributed by atoms with Crippen molar-refractivity contribution in [2.24, 2.45) is 0 Å². The Morgan fingerprint density at radius 3 is 3.00 bits per heavy atom. The number of rotatable bonds is 0. The van der Waals surface area contributed by atoms with Crippen LogP contribution in [0.3, 0.4) is 0 Å². The Morgan fingerprint density at radius 1 is 1.30 bits per heavy atom. The smallest absolute Gasteiger partial charge is 0.0784 e. The minimum atomic E-state index is 0.253. The summed E-state index contributed by atoms with van der Waals surface area (Å²) in [6.07, 6.45) is 0.773. The predicted octanol–water partition coefficient (Wildman–Crippen LogP) is 0.546. The largest absolute Gasteiger partial charge is 0.658 e. The summed E-state index contributed by atoms with van der Waals surface area (Å²) in [5.74, 6) is 0. The summed E-state index contributed by atoms with van der Waals surface area (Å²) in [4.78, 5) is 0. The molecule has 3 heteroatoms. The van der Waals surface area contributed by atoms with Gasteiger partial charge in [0.15, 0.2) is 0 Å². The van der Waals surface area contributed by atoms with E-state index in [1.54, 1.807) is 0 Å². The highest BCUT2D eigenvalue weighted by atomic mass is 16.6. The topological polar surface area (TPSA) is 32.6 Å². The monoisotopic (exact) mass is 142 g/mol. The molecule has 0 saturated carbocycles. The van der Waals surface area contributed by atoms with E-state index in [2.05, 4.69) is 5.32 Å². The van der Waals surface area contributed by atoms with E-state index < -0.39 is 0 Å². The maximum atomic E-state index is 5.59. The van der Waals surface area contributed by atoms with E-state index in [1.807, 2.05) is 6.92 Å². The van der Waals surface area contributed by atoms with Crippen molar-refractivity contribution in [2.75, 3.05) is 19.7 Å². The second kappa shape index (κ2) is 2.49. The van der Waals surface area contributed by atoms with Crippen LogP contribution in [-0.4, -0.2) is 38.0 Å². The van der Waals surface area contributed by atoms with E-state index >= 15 is 0 Å². The lowest BCUT2D eigenvalue weighted by molar-refractivity contribution is -0.153. The molecule has 2 heterocycles. The molecule has 0 aliphatic carbocycles. The first kappa shape index (κ1) is 6.58. The van der Waals surface area contributed by atoms with Crippen molar-refractivity contribution in [3.63, 3.8) is 0 Å². The van der Waals surface area contributed by atoms with E-state index in [0.29, 0.717) is 0 Å². The Morgan fingerprint density at radius 2 is 2.10 bits per heavy atom. The van der Waals surface area contributed by atoms with Crippen molar-refractivity contribution < 1.29 is 9.47 Å². The van der Waals surface area contributed by atoms with Crippen molar-refractivity contribution in [3.05, 3.63) is 5.32 Å². The Bertz CT molecular complexity index is 129. The van der Waals surface area contributed by atoms with E-state index in [9.17, 15) is 0 Å². The van der Waals surface area contributed by atoms with Gasteiger partial charge in [-0.2, -0.15) is 0 Å². The first-order valence-electron chi connectivity index (χ1n) is 3.76. The Labute approximate surface area is 60.7 Å². The number of hydrogen-bond donors (Lipinski definition) is 0. The average Bonchev–Trinajstić information content (AvgIpc) is 2.33. The summed E-state index contributed by atoms with van der Waals surface area (Å²) < 4.78 is 11.1. The molecule has 3 atom stereocenters. The van der Waals surface area contributed by atoms with Crippen molar-refractivity contribution in [2.45, 2.75) is 25.2 Å². The van der Waals surface area contributed by atoms with Gasteiger partial charge in [0, 0.05) is 0 Å². The molecule has 0 aromatic heterocycles. The van der Waals surface area contributed by atoms with Crippen LogP contribution in [0.1, 0.15) is 6.92 Å². The van der Waals surface area contributed by atoms with Crippen LogP contribution < -0.4 is 0 Å². The molecule has 0 amide bonds. The highest BCUT2D eigenvalue weighted by molar-refractivity contribution is 5.02. The van der Waals surface area contributed by atoms with E-state index in [-0.39, 0.29) is 18.3 Å². The van der Waals surface area contributed by atoms with Crippen LogP contribution in [0, 0.1) is 0 Å². The Balaban J connectivity index is 1.96. The molecule has 0 aromatic carbocycles. The standard InChI is InChI=1S/C7H12NO2/c1-5-4-9-6-2-8-3-7(6)10-5/h5-7H,2-4H2,1H3/q-1. The minimum absolute atomic E-state index is 0.253. The van der Waals surface area contributed by atoms with Gasteiger partial charge in [-0.3, -0.25) is 0 Å². The maximum absolute atomic E-state index is 5.59. The zero-order valence-electron chi connectivity index (χ0n) is 6.12. The highest BCUT2D eigenvalue weighted by Crippen LogP contribution is 2.22. The molecule has 2 aliphatic heterocycles. The summed E-state index contributed by atoms with van der Waals surface area (Å²) in [5, 5.41) is 4.21. The predicted molar refractivity (Wildman–Crippen MR) is 37.2 cm³/mol. The van der Waals surface area contributed by atoms with Gasteiger partial charge in [-0.25, -0.2) is 0 Å². The Hall–Kier alpha value is -0.120. The van der Waals surface area contributed by atoms with Gasteiger partial charge >= 0.3 is 0 Å². The molecule has 3 unspecified atom stereocenters. The summed E-state index contributed by atoms with van der Waals surface area (Å²) in [5.41, 5.74) is 0. The summed E-state index contributed by atoms with van der Waals surface area (Å²) in [7, 11) is 0. The summed E-state index contributed by atoms with van der Waals surface area (Å²) >= 11 is 0. The minimum Gasteiger partial charge on any atom is -0.658 e. The Kier molecular flexibility index (Phi) is 1.64. The molecule has 2 fully saturated rings. The van der Waals surface area contributed by atoms with Crippen LogP contribution in [-0.2, 0) is 9.47 Å². The van der Waals surface area contributed by atoms with Crippen LogP contribution in [0.25, 0.3) is 5.32 Å². The molecule has 10 heavy (non-hydrogen) atoms. The number of ether oxygens (including phenoxy) is 2. The normalized spacial score (nSPS) is 47.1. The highest BCUT2D eigenvalue weighted by Gasteiger charge is 2.28. The first-order chi connectivity index (χ1) is 4.86. The second-order valence-corrected chi connectivity index (χ2v) is 2.95. The maximum Gasteiger partial charge on any atom is 0.0784 e. The van der Waals surface area contributed by atoms with Gasteiger partial charge in [-0.05, 0) is 6.92 Å². The molecule has 0 bridgehead atoms. The number of nitrogens with zero attached hydrogens (tertiary/aromatic N) is 1. The molecule has 2 saturated heterocycles. The molecular formula is C7H12NO2-. The van der Waals surface area contributed by atoms with E-state index in [1.165, 1.54) is 0 Å². The molecule has 3 nitrogen and oxygen atoms in total. The van der Waals surface area contributed by atoms with Crippen molar-refractivity contribution in [1.29, 1.82) is 0 Å². The lowest BCUT2D eigenvalue weighted by Gasteiger charge is -2.32. The number of fused-ring (bicyclic) bond motifs is 1. The third-order valence-corrected chi connectivity index (χ3v) is 1.98. The second-order valence-electron chi connectivity index (χ2n) is 2.95. The third kappa shape index (κ3) is 1.05. The number of hydrogen-bond acceptors (Lipinski definition) is 2. The van der Waals surface area contributed by atoms with Gasteiger partial charge in [-0.1, -0.05) is 0 Å².